The molecule has 4 rings (SSSR count). The van der Waals surface area contributed by atoms with Crippen LogP contribution in [0.1, 0.15) is 39.9 Å². The highest BCUT2D eigenvalue weighted by Crippen LogP contribution is 2.21. The van der Waals surface area contributed by atoms with Gasteiger partial charge in [-0.1, -0.05) is 36.4 Å². The molecule has 1 fully saturated rings. The minimum absolute atomic E-state index is 0.00143. The average molecular weight is 385 g/mol. The van der Waals surface area contributed by atoms with Crippen molar-refractivity contribution in [2.45, 2.75) is 31.6 Å². The van der Waals surface area contributed by atoms with Gasteiger partial charge in [0.15, 0.2) is 0 Å². The van der Waals surface area contributed by atoms with Gasteiger partial charge in [0.2, 0.25) is 10.0 Å². The van der Waals surface area contributed by atoms with E-state index in [1.807, 2.05) is 17.0 Å². The van der Waals surface area contributed by atoms with Crippen LogP contribution >= 0.6 is 0 Å². The van der Waals surface area contributed by atoms with E-state index in [-0.39, 0.29) is 11.7 Å². The first-order valence-electron chi connectivity index (χ1n) is 9.46. The van der Waals surface area contributed by atoms with Gasteiger partial charge in [0.25, 0.3) is 5.91 Å². The zero-order valence-corrected chi connectivity index (χ0v) is 16.1. The molecular weight excluding hydrogens is 360 g/mol. The highest BCUT2D eigenvalue weighted by Gasteiger charge is 2.26. The first kappa shape index (κ1) is 18.2. The maximum Gasteiger partial charge on any atom is 0.254 e. The van der Waals surface area contributed by atoms with Crippen LogP contribution in [0.5, 0.6) is 0 Å². The Labute approximate surface area is 160 Å². The van der Waals surface area contributed by atoms with E-state index in [1.165, 1.54) is 11.1 Å². The Morgan fingerprint density at radius 3 is 2.26 bits per heavy atom. The van der Waals surface area contributed by atoms with Crippen LogP contribution in [-0.2, 0) is 28.7 Å². The van der Waals surface area contributed by atoms with Crippen molar-refractivity contribution in [2.24, 2.45) is 0 Å². The van der Waals surface area contributed by atoms with Crippen LogP contribution in [0.2, 0.25) is 0 Å². The number of fused-ring (bicyclic) bond motifs is 1. The summed E-state index contributed by atoms with van der Waals surface area (Å²) < 4.78 is 26.4. The molecule has 2 aromatic rings. The number of sulfonamides is 1. The van der Waals surface area contributed by atoms with Crippen LogP contribution in [0.4, 0.5) is 0 Å². The highest BCUT2D eigenvalue weighted by atomic mass is 32.2. The summed E-state index contributed by atoms with van der Waals surface area (Å²) in [7, 11) is -3.26. The first-order valence-corrected chi connectivity index (χ1v) is 11.1. The summed E-state index contributed by atoms with van der Waals surface area (Å²) >= 11 is 0. The lowest BCUT2D eigenvalue weighted by Crippen LogP contribution is -2.35. The fourth-order valence-corrected chi connectivity index (χ4v) is 5.47. The van der Waals surface area contributed by atoms with Crippen LogP contribution in [0, 0.1) is 0 Å². The van der Waals surface area contributed by atoms with Crippen molar-refractivity contribution in [3.63, 3.8) is 0 Å². The quantitative estimate of drug-likeness (QED) is 0.814. The zero-order chi connectivity index (χ0) is 18.9. The van der Waals surface area contributed by atoms with Crippen molar-refractivity contribution in [3.05, 3.63) is 70.8 Å². The molecule has 0 atom stereocenters. The molecule has 0 N–H and O–H groups in total. The molecule has 5 nitrogen and oxygen atoms in total. The molecule has 1 saturated heterocycles. The second-order valence-electron chi connectivity index (χ2n) is 7.30. The summed E-state index contributed by atoms with van der Waals surface area (Å²) in [4.78, 5) is 14.7. The molecular formula is C21H24N2O3S. The van der Waals surface area contributed by atoms with Gasteiger partial charge >= 0.3 is 0 Å². The second kappa shape index (κ2) is 7.44. The van der Waals surface area contributed by atoms with Crippen LogP contribution in [0.15, 0.2) is 48.5 Å². The van der Waals surface area contributed by atoms with Crippen molar-refractivity contribution >= 4 is 15.9 Å². The van der Waals surface area contributed by atoms with Gasteiger partial charge in [-0.2, -0.15) is 0 Å². The third kappa shape index (κ3) is 3.92. The predicted molar refractivity (Wildman–Crippen MR) is 105 cm³/mol. The van der Waals surface area contributed by atoms with E-state index in [0.29, 0.717) is 31.7 Å². The molecule has 2 aromatic carbocycles. The summed E-state index contributed by atoms with van der Waals surface area (Å²) in [6.07, 6.45) is 2.74. The van der Waals surface area contributed by atoms with Gasteiger partial charge in [0.1, 0.15) is 0 Å². The minimum atomic E-state index is -3.26. The first-order chi connectivity index (χ1) is 13.0. The van der Waals surface area contributed by atoms with Gasteiger partial charge < -0.3 is 4.90 Å². The predicted octanol–water partition coefficient (Wildman–Crippen LogP) is 2.81. The largest absolute Gasteiger partial charge is 0.334 e. The Hall–Kier alpha value is -2.18. The van der Waals surface area contributed by atoms with E-state index in [0.717, 1.165) is 24.8 Å². The van der Waals surface area contributed by atoms with Crippen molar-refractivity contribution < 1.29 is 13.2 Å². The summed E-state index contributed by atoms with van der Waals surface area (Å²) in [6.45, 7) is 2.58. The van der Waals surface area contributed by atoms with Crippen molar-refractivity contribution in [2.75, 3.05) is 19.6 Å². The molecule has 2 aliphatic rings. The maximum absolute atomic E-state index is 12.8. The molecule has 0 aromatic heterocycles. The van der Waals surface area contributed by atoms with Crippen LogP contribution < -0.4 is 0 Å². The standard InChI is InChI=1S/C21H24N2O3S/c24-21(22-14-11-18-5-1-2-6-20(18)15-22)19-9-7-17(8-10-19)16-27(25,26)23-12-3-4-13-23/h1-2,5-10H,3-4,11-16H2. The highest BCUT2D eigenvalue weighted by molar-refractivity contribution is 7.88. The van der Waals surface area contributed by atoms with Gasteiger partial charge in [0, 0.05) is 31.7 Å². The fraction of sp³-hybridized carbons (Fsp3) is 0.381. The molecule has 2 aliphatic heterocycles. The number of hydrogen-bond donors (Lipinski definition) is 0. The van der Waals surface area contributed by atoms with Crippen LogP contribution in [0.3, 0.4) is 0 Å². The number of carbonyl (C=O) groups excluding carboxylic acids is 1. The van der Waals surface area contributed by atoms with E-state index in [2.05, 4.69) is 12.1 Å². The fourth-order valence-electron chi connectivity index (χ4n) is 3.86. The molecule has 27 heavy (non-hydrogen) atoms. The van der Waals surface area contributed by atoms with Gasteiger partial charge in [-0.3, -0.25) is 4.79 Å². The second-order valence-corrected chi connectivity index (χ2v) is 9.27. The lowest BCUT2D eigenvalue weighted by Gasteiger charge is -2.29. The van der Waals surface area contributed by atoms with Gasteiger partial charge in [-0.15, -0.1) is 0 Å². The normalized spacial score (nSPS) is 17.7. The summed E-state index contributed by atoms with van der Waals surface area (Å²) in [5.41, 5.74) is 3.84. The molecule has 0 spiro atoms. The van der Waals surface area contributed by atoms with E-state index in [4.69, 9.17) is 0 Å². The van der Waals surface area contributed by atoms with Gasteiger partial charge in [0.05, 0.1) is 5.75 Å². The molecule has 1 amide bonds. The number of benzene rings is 2. The molecule has 0 unspecified atom stereocenters. The van der Waals surface area contributed by atoms with E-state index < -0.39 is 10.0 Å². The third-order valence-corrected chi connectivity index (χ3v) is 7.28. The van der Waals surface area contributed by atoms with Crippen molar-refractivity contribution in [1.82, 2.24) is 9.21 Å². The number of nitrogens with zero attached hydrogens (tertiary/aromatic N) is 2. The monoisotopic (exact) mass is 384 g/mol. The topological polar surface area (TPSA) is 57.7 Å². The Balaban J connectivity index is 1.44. The molecule has 0 radical (unpaired) electrons. The molecule has 0 saturated carbocycles. The zero-order valence-electron chi connectivity index (χ0n) is 15.3. The van der Waals surface area contributed by atoms with E-state index >= 15 is 0 Å². The summed E-state index contributed by atoms with van der Waals surface area (Å²) in [5, 5.41) is 0. The van der Waals surface area contributed by atoms with Gasteiger partial charge in [-0.25, -0.2) is 12.7 Å². The lowest BCUT2D eigenvalue weighted by atomic mass is 9.99. The SMILES string of the molecule is O=C(c1ccc(CS(=O)(=O)N2CCCC2)cc1)N1CCc2ccccc2C1. The Kier molecular flexibility index (Phi) is 5.02. The van der Waals surface area contributed by atoms with Gasteiger partial charge in [-0.05, 0) is 48.1 Å². The van der Waals surface area contributed by atoms with Crippen LogP contribution in [-0.4, -0.2) is 43.2 Å². The minimum Gasteiger partial charge on any atom is -0.334 e. The molecule has 142 valence electrons. The molecule has 2 heterocycles. The summed E-state index contributed by atoms with van der Waals surface area (Å²) in [6, 6.07) is 15.2. The number of amides is 1. The van der Waals surface area contributed by atoms with Crippen LogP contribution in [0.25, 0.3) is 0 Å². The maximum atomic E-state index is 12.8. The van der Waals surface area contributed by atoms with Crippen molar-refractivity contribution in [1.29, 1.82) is 0 Å². The Morgan fingerprint density at radius 2 is 1.56 bits per heavy atom. The molecule has 6 heteroatoms. The Bertz CT molecular complexity index is 932. The number of hydrogen-bond acceptors (Lipinski definition) is 3. The average Bonchev–Trinajstić information content (AvgIpc) is 3.23. The molecule has 0 aliphatic carbocycles. The lowest BCUT2D eigenvalue weighted by molar-refractivity contribution is 0.0734. The Morgan fingerprint density at radius 1 is 0.889 bits per heavy atom. The van der Waals surface area contributed by atoms with Crippen molar-refractivity contribution in [3.8, 4) is 0 Å². The third-order valence-electron chi connectivity index (χ3n) is 5.43. The number of carbonyl (C=O) groups is 1. The van der Waals surface area contributed by atoms with E-state index in [1.54, 1.807) is 28.6 Å². The smallest absolute Gasteiger partial charge is 0.254 e. The number of rotatable bonds is 4. The summed E-state index contributed by atoms with van der Waals surface area (Å²) in [5.74, 6) is -0.00286. The molecule has 0 bridgehead atoms. The van der Waals surface area contributed by atoms with E-state index in [9.17, 15) is 13.2 Å².